The maximum atomic E-state index is 8.52. The van der Waals surface area contributed by atoms with Gasteiger partial charge < -0.3 is 0 Å². The summed E-state index contributed by atoms with van der Waals surface area (Å²) in [5, 5.41) is 8.52. The molecule has 0 unspecified atom stereocenters. The lowest BCUT2D eigenvalue weighted by Gasteiger charge is -2.08. The van der Waals surface area contributed by atoms with E-state index in [0.717, 1.165) is 22.3 Å². The van der Waals surface area contributed by atoms with Crippen LogP contribution in [-0.2, 0) is 0 Å². The molecule has 0 heterocycles. The Bertz CT molecular complexity index is 980. The van der Waals surface area contributed by atoms with Crippen LogP contribution in [0.25, 0.3) is 5.57 Å². The average molecular weight is 349 g/mol. The van der Waals surface area contributed by atoms with Crippen LogP contribution >= 0.6 is 0 Å². The Hall–Kier alpha value is -3.45. The zero-order valence-electron chi connectivity index (χ0n) is 15.5. The number of allylic oxidation sites excluding steroid dienone is 12. The zero-order valence-corrected chi connectivity index (χ0v) is 15.5. The smallest absolute Gasteiger partial charge is 0.0684 e. The number of rotatable bonds is 3. The molecule has 1 N–H and O–H groups in total. The molecular formula is C26H23N. The number of benzene rings is 2. The quantitative estimate of drug-likeness (QED) is 0.598. The van der Waals surface area contributed by atoms with Gasteiger partial charge in [0.2, 0.25) is 0 Å². The van der Waals surface area contributed by atoms with E-state index in [2.05, 4.69) is 55.5 Å². The molecule has 2 aromatic carbocycles. The van der Waals surface area contributed by atoms with E-state index in [0.29, 0.717) is 5.71 Å². The van der Waals surface area contributed by atoms with E-state index in [1.165, 1.54) is 5.57 Å². The molecule has 0 spiro atoms. The predicted molar refractivity (Wildman–Crippen MR) is 117 cm³/mol. The van der Waals surface area contributed by atoms with Gasteiger partial charge in [-0.15, -0.1) is 0 Å². The van der Waals surface area contributed by atoms with E-state index < -0.39 is 0 Å². The van der Waals surface area contributed by atoms with E-state index in [-0.39, 0.29) is 0 Å². The van der Waals surface area contributed by atoms with Crippen molar-refractivity contribution in [1.29, 1.82) is 5.41 Å². The fourth-order valence-corrected chi connectivity index (χ4v) is 2.79. The third kappa shape index (κ3) is 5.26. The van der Waals surface area contributed by atoms with E-state index in [9.17, 15) is 0 Å². The summed E-state index contributed by atoms with van der Waals surface area (Å²) >= 11 is 0. The van der Waals surface area contributed by atoms with Gasteiger partial charge in [0.05, 0.1) is 5.71 Å². The molecule has 0 amide bonds. The Morgan fingerprint density at radius 2 is 1.37 bits per heavy atom. The summed E-state index contributed by atoms with van der Waals surface area (Å²) in [6.07, 6.45) is 20.6. The summed E-state index contributed by atoms with van der Waals surface area (Å²) in [5.74, 6) is 0. The summed E-state index contributed by atoms with van der Waals surface area (Å²) in [6.45, 7) is 2.08. The lowest BCUT2D eigenvalue weighted by molar-refractivity contribution is 1.45. The van der Waals surface area contributed by atoms with E-state index in [1.807, 2.05) is 66.8 Å². The Kier molecular flexibility index (Phi) is 6.32. The molecule has 0 bridgehead atoms. The van der Waals surface area contributed by atoms with Gasteiger partial charge in [-0.05, 0) is 29.7 Å². The molecule has 2 aromatic rings. The average Bonchev–Trinajstić information content (AvgIpc) is 2.71. The molecule has 0 aliphatic heterocycles. The first-order valence-electron chi connectivity index (χ1n) is 9.05. The van der Waals surface area contributed by atoms with Gasteiger partial charge in [-0.3, -0.25) is 5.41 Å². The van der Waals surface area contributed by atoms with Crippen LogP contribution in [0.5, 0.6) is 0 Å². The van der Waals surface area contributed by atoms with Crippen LogP contribution in [0, 0.1) is 5.41 Å². The van der Waals surface area contributed by atoms with Crippen molar-refractivity contribution < 1.29 is 0 Å². The van der Waals surface area contributed by atoms with Crippen molar-refractivity contribution in [1.82, 2.24) is 0 Å². The molecule has 0 radical (unpaired) electrons. The van der Waals surface area contributed by atoms with Crippen molar-refractivity contribution in [2.24, 2.45) is 0 Å². The molecule has 0 atom stereocenters. The Morgan fingerprint density at radius 3 is 2.19 bits per heavy atom. The molecule has 1 nitrogen and oxygen atoms in total. The fraction of sp³-hybridized carbons (Fsp3) is 0.0385. The van der Waals surface area contributed by atoms with Gasteiger partial charge in [-0.25, -0.2) is 0 Å². The molecule has 0 aromatic heterocycles. The van der Waals surface area contributed by atoms with Crippen LogP contribution in [0.4, 0.5) is 0 Å². The zero-order chi connectivity index (χ0) is 18.9. The first-order chi connectivity index (χ1) is 13.2. The highest BCUT2D eigenvalue weighted by Crippen LogP contribution is 2.20. The number of nitrogens with one attached hydrogen (secondary N) is 1. The van der Waals surface area contributed by atoms with Crippen molar-refractivity contribution in [3.8, 4) is 0 Å². The van der Waals surface area contributed by atoms with Gasteiger partial charge in [0, 0.05) is 5.56 Å². The molecule has 0 saturated heterocycles. The van der Waals surface area contributed by atoms with Crippen molar-refractivity contribution in [3.05, 3.63) is 138 Å². The molecule has 0 fully saturated rings. The summed E-state index contributed by atoms with van der Waals surface area (Å²) < 4.78 is 0. The van der Waals surface area contributed by atoms with Crippen LogP contribution in [0.3, 0.4) is 0 Å². The van der Waals surface area contributed by atoms with Crippen LogP contribution < -0.4 is 0 Å². The molecular weight excluding hydrogens is 326 g/mol. The standard InChI is InChI=1S/C26H23N/c1-21-12-5-2-3-6-14-22(15-10-9-13-21)24-18-11-19-25(20-24)26(27)23-16-7-4-8-17-23/h2-20,27H,1H3/b3-2+,5-2?,6-3?,10-9+,12-5-,13-9?,14-6-,15-10?,21-12?,21-13-,22-14?,22-15+,27-26?. The normalized spacial score (nSPS) is 22.7. The molecule has 0 saturated carbocycles. The Morgan fingerprint density at radius 1 is 0.667 bits per heavy atom. The minimum atomic E-state index is 0.536. The summed E-state index contributed by atoms with van der Waals surface area (Å²) in [4.78, 5) is 0. The van der Waals surface area contributed by atoms with Crippen LogP contribution in [0.15, 0.2) is 121 Å². The van der Waals surface area contributed by atoms with Gasteiger partial charge in [0.1, 0.15) is 0 Å². The summed E-state index contributed by atoms with van der Waals surface area (Å²) in [7, 11) is 0. The third-order valence-electron chi connectivity index (χ3n) is 4.26. The van der Waals surface area contributed by atoms with Gasteiger partial charge in [0.25, 0.3) is 0 Å². The summed E-state index contributed by atoms with van der Waals surface area (Å²) in [6, 6.07) is 18.0. The van der Waals surface area contributed by atoms with Gasteiger partial charge in [-0.1, -0.05) is 115 Å². The van der Waals surface area contributed by atoms with Crippen molar-refractivity contribution in [2.75, 3.05) is 0 Å². The minimum absolute atomic E-state index is 0.536. The van der Waals surface area contributed by atoms with Gasteiger partial charge >= 0.3 is 0 Å². The van der Waals surface area contributed by atoms with Crippen LogP contribution in [-0.4, -0.2) is 5.71 Å². The molecule has 1 aliphatic carbocycles. The second-order valence-electron chi connectivity index (χ2n) is 6.34. The second kappa shape index (κ2) is 9.30. The van der Waals surface area contributed by atoms with E-state index >= 15 is 0 Å². The predicted octanol–water partition coefficient (Wildman–Crippen LogP) is 6.67. The third-order valence-corrected chi connectivity index (χ3v) is 4.26. The first kappa shape index (κ1) is 18.3. The highest BCUT2D eigenvalue weighted by Gasteiger charge is 2.06. The van der Waals surface area contributed by atoms with Gasteiger partial charge in [0.15, 0.2) is 0 Å². The SMILES string of the molecule is CC1=C/C=C/C=C(c2cccc(C(=N)c3ccccc3)c2)\C=C/C=C/C=C\1. The van der Waals surface area contributed by atoms with Gasteiger partial charge in [-0.2, -0.15) is 0 Å². The summed E-state index contributed by atoms with van der Waals surface area (Å²) in [5.41, 5.74) is 5.78. The molecule has 1 aliphatic rings. The topological polar surface area (TPSA) is 23.9 Å². The van der Waals surface area contributed by atoms with Crippen LogP contribution in [0.2, 0.25) is 0 Å². The maximum Gasteiger partial charge on any atom is 0.0684 e. The lowest BCUT2D eigenvalue weighted by Crippen LogP contribution is -2.01. The van der Waals surface area contributed by atoms with Crippen molar-refractivity contribution in [3.63, 3.8) is 0 Å². The number of hydrogen-bond donors (Lipinski definition) is 1. The lowest BCUT2D eigenvalue weighted by atomic mass is 9.97. The maximum absolute atomic E-state index is 8.52. The first-order valence-corrected chi connectivity index (χ1v) is 9.05. The second-order valence-corrected chi connectivity index (χ2v) is 6.34. The molecule has 3 rings (SSSR count). The van der Waals surface area contributed by atoms with Crippen molar-refractivity contribution in [2.45, 2.75) is 6.92 Å². The monoisotopic (exact) mass is 349 g/mol. The Balaban J connectivity index is 1.94. The highest BCUT2D eigenvalue weighted by molar-refractivity contribution is 6.11. The molecule has 1 heteroatoms. The van der Waals surface area contributed by atoms with E-state index in [4.69, 9.17) is 5.41 Å². The molecule has 132 valence electrons. The minimum Gasteiger partial charge on any atom is -0.300 e. The van der Waals surface area contributed by atoms with Crippen LogP contribution in [0.1, 0.15) is 23.6 Å². The highest BCUT2D eigenvalue weighted by atomic mass is 14.4. The molecule has 27 heavy (non-hydrogen) atoms. The Labute approximate surface area is 161 Å². The largest absolute Gasteiger partial charge is 0.300 e. The fourth-order valence-electron chi connectivity index (χ4n) is 2.79. The van der Waals surface area contributed by atoms with Crippen molar-refractivity contribution >= 4 is 11.3 Å². The number of hydrogen-bond acceptors (Lipinski definition) is 1. The van der Waals surface area contributed by atoms with E-state index in [1.54, 1.807) is 0 Å².